The van der Waals surface area contributed by atoms with Crippen LogP contribution in [0.2, 0.25) is 0 Å². The van der Waals surface area contributed by atoms with Gasteiger partial charge >= 0.3 is 0 Å². The van der Waals surface area contributed by atoms with E-state index in [2.05, 4.69) is 0 Å². The zero-order valence-electron chi connectivity index (χ0n) is 8.61. The third kappa shape index (κ3) is 1.28. The first kappa shape index (κ1) is 8.78. The maximum Gasteiger partial charge on any atom is 0.0876 e. The second kappa shape index (κ2) is 3.27. The van der Waals surface area contributed by atoms with E-state index in [4.69, 9.17) is 10.5 Å². The Balaban J connectivity index is 1.65. The van der Waals surface area contributed by atoms with Crippen LogP contribution in [0.25, 0.3) is 0 Å². The van der Waals surface area contributed by atoms with Gasteiger partial charge in [0, 0.05) is 6.04 Å². The van der Waals surface area contributed by atoms with Crippen LogP contribution in [-0.4, -0.2) is 12.6 Å². The van der Waals surface area contributed by atoms with Gasteiger partial charge in [0.2, 0.25) is 0 Å². The van der Waals surface area contributed by atoms with Crippen LogP contribution in [0.1, 0.15) is 32.1 Å². The molecule has 0 radical (unpaired) electrons. The smallest absolute Gasteiger partial charge is 0.0876 e. The Kier molecular flexibility index (Phi) is 2.05. The summed E-state index contributed by atoms with van der Waals surface area (Å²) in [5, 5.41) is 0. The summed E-state index contributed by atoms with van der Waals surface area (Å²) in [7, 11) is 0. The van der Waals surface area contributed by atoms with Crippen LogP contribution in [0.15, 0.2) is 11.8 Å². The van der Waals surface area contributed by atoms with E-state index in [1.54, 1.807) is 0 Å². The number of fused-ring (bicyclic) bond motifs is 1. The van der Waals surface area contributed by atoms with Crippen molar-refractivity contribution in [2.45, 2.75) is 38.1 Å². The van der Waals surface area contributed by atoms with Crippen molar-refractivity contribution in [3.8, 4) is 0 Å². The molecule has 0 aromatic heterocycles. The minimum absolute atomic E-state index is 0.311. The highest BCUT2D eigenvalue weighted by Gasteiger charge is 2.55. The normalized spacial score (nSPS) is 42.4. The monoisotopic (exact) mass is 193 g/mol. The number of rotatable bonds is 2. The van der Waals surface area contributed by atoms with Gasteiger partial charge in [0.25, 0.3) is 0 Å². The number of hydrogen-bond donors (Lipinski definition) is 1. The number of ether oxygens (including phenoxy) is 1. The number of hydrogen-bond acceptors (Lipinski definition) is 2. The van der Waals surface area contributed by atoms with Crippen molar-refractivity contribution in [3.63, 3.8) is 0 Å². The van der Waals surface area contributed by atoms with E-state index in [0.717, 1.165) is 37.2 Å². The molecular formula is C12H19NO. The highest BCUT2D eigenvalue weighted by atomic mass is 16.5. The van der Waals surface area contributed by atoms with Crippen molar-refractivity contribution in [3.05, 3.63) is 11.8 Å². The Morgan fingerprint density at radius 1 is 1.29 bits per heavy atom. The molecule has 1 aliphatic heterocycles. The first-order valence-corrected chi connectivity index (χ1v) is 5.94. The zero-order valence-corrected chi connectivity index (χ0v) is 8.61. The predicted octanol–water partition coefficient (Wildman–Crippen LogP) is 2.05. The molecule has 0 bridgehead atoms. The molecule has 0 aromatic carbocycles. The Hall–Kier alpha value is -0.500. The van der Waals surface area contributed by atoms with E-state index in [1.807, 2.05) is 6.26 Å². The van der Waals surface area contributed by atoms with E-state index in [1.165, 1.54) is 24.8 Å². The maximum absolute atomic E-state index is 6.30. The highest BCUT2D eigenvalue weighted by molar-refractivity contribution is 5.18. The van der Waals surface area contributed by atoms with Crippen molar-refractivity contribution >= 4 is 0 Å². The molecule has 0 saturated heterocycles. The molecule has 0 aromatic rings. The minimum Gasteiger partial charge on any atom is -0.501 e. The summed E-state index contributed by atoms with van der Waals surface area (Å²) in [4.78, 5) is 0. The lowest BCUT2D eigenvalue weighted by Gasteiger charge is -2.21. The van der Waals surface area contributed by atoms with Crippen LogP contribution >= 0.6 is 0 Å². The largest absolute Gasteiger partial charge is 0.501 e. The van der Waals surface area contributed by atoms with E-state index < -0.39 is 0 Å². The lowest BCUT2D eigenvalue weighted by molar-refractivity contribution is 0.219. The van der Waals surface area contributed by atoms with Gasteiger partial charge < -0.3 is 10.5 Å². The zero-order chi connectivity index (χ0) is 9.54. The average Bonchev–Trinajstić information content (AvgIpc) is 2.72. The van der Waals surface area contributed by atoms with Gasteiger partial charge in [-0.15, -0.1) is 0 Å². The highest BCUT2D eigenvalue weighted by Crippen LogP contribution is 2.59. The number of nitrogens with two attached hydrogens (primary N) is 1. The van der Waals surface area contributed by atoms with Gasteiger partial charge in [0.05, 0.1) is 12.9 Å². The van der Waals surface area contributed by atoms with Crippen molar-refractivity contribution in [1.82, 2.24) is 0 Å². The molecule has 2 fully saturated rings. The molecular weight excluding hydrogens is 174 g/mol. The fourth-order valence-electron chi connectivity index (χ4n) is 3.49. The van der Waals surface area contributed by atoms with E-state index >= 15 is 0 Å². The first-order valence-electron chi connectivity index (χ1n) is 5.94. The molecule has 78 valence electrons. The Bertz CT molecular complexity index is 251. The third-order valence-corrected chi connectivity index (χ3v) is 4.28. The SMILES string of the molecule is NC(C1=COCCC1)C1C2CCCC21. The summed E-state index contributed by atoms with van der Waals surface area (Å²) in [6.45, 7) is 0.883. The molecule has 3 aliphatic rings. The molecule has 0 spiro atoms. The van der Waals surface area contributed by atoms with Gasteiger partial charge in [-0.2, -0.15) is 0 Å². The minimum atomic E-state index is 0.311. The Labute approximate surface area is 85.5 Å². The second-order valence-corrected chi connectivity index (χ2v) is 5.03. The summed E-state index contributed by atoms with van der Waals surface area (Å²) in [5.41, 5.74) is 7.67. The standard InChI is InChI=1S/C12H19NO/c13-12(8-3-2-6-14-7-8)11-9-4-1-5-10(9)11/h7,9-12H,1-6,13H2. The molecule has 2 saturated carbocycles. The van der Waals surface area contributed by atoms with Gasteiger partial charge in [0.1, 0.15) is 0 Å². The molecule has 2 N–H and O–H groups in total. The second-order valence-electron chi connectivity index (χ2n) is 5.03. The quantitative estimate of drug-likeness (QED) is 0.728. The van der Waals surface area contributed by atoms with Crippen molar-refractivity contribution in [2.75, 3.05) is 6.61 Å². The van der Waals surface area contributed by atoms with Crippen molar-refractivity contribution in [1.29, 1.82) is 0 Å². The molecule has 2 heteroatoms. The summed E-state index contributed by atoms with van der Waals surface area (Å²) < 4.78 is 5.36. The predicted molar refractivity (Wildman–Crippen MR) is 55.6 cm³/mol. The summed E-state index contributed by atoms with van der Waals surface area (Å²) in [5.74, 6) is 2.73. The maximum atomic E-state index is 6.30. The Morgan fingerprint density at radius 2 is 2.07 bits per heavy atom. The molecule has 3 rings (SSSR count). The van der Waals surface area contributed by atoms with Crippen LogP contribution in [-0.2, 0) is 4.74 Å². The van der Waals surface area contributed by atoms with Gasteiger partial charge in [-0.05, 0) is 49.0 Å². The van der Waals surface area contributed by atoms with Gasteiger partial charge in [-0.1, -0.05) is 6.42 Å². The van der Waals surface area contributed by atoms with Crippen molar-refractivity contribution in [2.24, 2.45) is 23.5 Å². The molecule has 14 heavy (non-hydrogen) atoms. The topological polar surface area (TPSA) is 35.2 Å². The van der Waals surface area contributed by atoms with Gasteiger partial charge in [0.15, 0.2) is 0 Å². The van der Waals surface area contributed by atoms with E-state index in [0.29, 0.717) is 6.04 Å². The third-order valence-electron chi connectivity index (χ3n) is 4.28. The van der Waals surface area contributed by atoms with Crippen LogP contribution in [0.4, 0.5) is 0 Å². The van der Waals surface area contributed by atoms with Crippen LogP contribution in [0.3, 0.4) is 0 Å². The molecule has 3 unspecified atom stereocenters. The summed E-state index contributed by atoms with van der Waals surface area (Å²) >= 11 is 0. The van der Waals surface area contributed by atoms with E-state index in [9.17, 15) is 0 Å². The molecule has 3 atom stereocenters. The fourth-order valence-corrected chi connectivity index (χ4v) is 3.49. The summed E-state index contributed by atoms with van der Waals surface area (Å²) in [6, 6.07) is 0.311. The molecule has 2 aliphatic carbocycles. The van der Waals surface area contributed by atoms with Crippen LogP contribution < -0.4 is 5.73 Å². The average molecular weight is 193 g/mol. The fraction of sp³-hybridized carbons (Fsp3) is 0.833. The molecule has 2 nitrogen and oxygen atoms in total. The van der Waals surface area contributed by atoms with Gasteiger partial charge in [-0.25, -0.2) is 0 Å². The van der Waals surface area contributed by atoms with Crippen LogP contribution in [0.5, 0.6) is 0 Å². The Morgan fingerprint density at radius 3 is 2.71 bits per heavy atom. The first-order chi connectivity index (χ1) is 6.88. The van der Waals surface area contributed by atoms with Crippen molar-refractivity contribution < 1.29 is 4.74 Å². The lowest BCUT2D eigenvalue weighted by atomic mass is 9.95. The van der Waals surface area contributed by atoms with E-state index in [-0.39, 0.29) is 0 Å². The van der Waals surface area contributed by atoms with Gasteiger partial charge in [-0.3, -0.25) is 0 Å². The lowest BCUT2D eigenvalue weighted by Crippen LogP contribution is -2.28. The summed E-state index contributed by atoms with van der Waals surface area (Å²) in [6.07, 6.45) is 8.54. The van der Waals surface area contributed by atoms with Crippen LogP contribution in [0, 0.1) is 17.8 Å². The molecule has 1 heterocycles. The molecule has 0 amide bonds.